The summed E-state index contributed by atoms with van der Waals surface area (Å²) in [6.07, 6.45) is -1.13. The SMILES string of the molecule is Cc1ncoc1-c1nnc(SCCCN2C[C@H]3CC3(c3cccc(C(F)(F)F)n3)C2)n1C.Cl.Cl. The minimum absolute atomic E-state index is 0. The maximum absolute atomic E-state index is 13.0. The van der Waals surface area contributed by atoms with Gasteiger partial charge in [0.15, 0.2) is 17.3 Å². The number of nitrogens with zero attached hydrogens (tertiary/aromatic N) is 6. The van der Waals surface area contributed by atoms with Crippen molar-refractivity contribution in [3.05, 3.63) is 41.7 Å². The summed E-state index contributed by atoms with van der Waals surface area (Å²) < 4.78 is 46.5. The molecular formula is C21H25Cl2F3N6OS. The molecule has 0 N–H and O–H groups in total. The van der Waals surface area contributed by atoms with Crippen molar-refractivity contribution in [3.63, 3.8) is 0 Å². The summed E-state index contributed by atoms with van der Waals surface area (Å²) in [6.45, 7) is 4.45. The normalized spacial score (nSPS) is 21.6. The first-order chi connectivity index (χ1) is 15.3. The molecule has 0 spiro atoms. The number of piperidine rings is 1. The first-order valence-corrected chi connectivity index (χ1v) is 11.5. The van der Waals surface area contributed by atoms with Crippen molar-refractivity contribution in [2.24, 2.45) is 13.0 Å². The van der Waals surface area contributed by atoms with Crippen molar-refractivity contribution in [1.82, 2.24) is 29.6 Å². The summed E-state index contributed by atoms with van der Waals surface area (Å²) in [4.78, 5) is 10.4. The van der Waals surface area contributed by atoms with E-state index in [1.807, 2.05) is 18.5 Å². The number of likely N-dealkylation sites (tertiary alicyclic amines) is 1. The first kappa shape index (κ1) is 26.8. The highest BCUT2D eigenvalue weighted by Gasteiger charge is 2.61. The molecule has 34 heavy (non-hydrogen) atoms. The Hall–Kier alpha value is -1.82. The molecule has 186 valence electrons. The average Bonchev–Trinajstić information content (AvgIpc) is 3.05. The van der Waals surface area contributed by atoms with Crippen molar-refractivity contribution < 1.29 is 17.6 Å². The van der Waals surface area contributed by atoms with Gasteiger partial charge in [0.25, 0.3) is 0 Å². The lowest BCUT2D eigenvalue weighted by Crippen LogP contribution is -2.28. The first-order valence-electron chi connectivity index (χ1n) is 10.5. The fraction of sp³-hybridized carbons (Fsp3) is 0.524. The molecule has 2 aliphatic rings. The number of halogens is 5. The Labute approximate surface area is 211 Å². The Morgan fingerprint density at radius 2 is 2.03 bits per heavy atom. The van der Waals surface area contributed by atoms with Crippen LogP contribution in [0.3, 0.4) is 0 Å². The third kappa shape index (κ3) is 4.93. The molecule has 1 unspecified atom stereocenters. The fourth-order valence-electron chi connectivity index (χ4n) is 4.63. The van der Waals surface area contributed by atoms with Crippen LogP contribution in [0.15, 0.2) is 34.2 Å². The largest absolute Gasteiger partial charge is 0.440 e. The predicted octanol–water partition coefficient (Wildman–Crippen LogP) is 4.79. The van der Waals surface area contributed by atoms with Gasteiger partial charge in [-0.25, -0.2) is 9.97 Å². The number of hydrogen-bond acceptors (Lipinski definition) is 7. The molecule has 0 amide bonds. The van der Waals surface area contributed by atoms with Gasteiger partial charge in [-0.2, -0.15) is 13.2 Å². The summed E-state index contributed by atoms with van der Waals surface area (Å²) in [7, 11) is 1.90. The van der Waals surface area contributed by atoms with Crippen LogP contribution in [-0.4, -0.2) is 55.0 Å². The molecule has 7 nitrogen and oxygen atoms in total. The molecule has 0 radical (unpaired) electrons. The maximum Gasteiger partial charge on any atom is 0.433 e. The number of aryl methyl sites for hydroxylation is 1. The smallest absolute Gasteiger partial charge is 0.433 e. The monoisotopic (exact) mass is 536 g/mol. The van der Waals surface area contributed by atoms with Gasteiger partial charge in [0.1, 0.15) is 5.69 Å². The van der Waals surface area contributed by atoms with Gasteiger partial charge >= 0.3 is 6.18 Å². The Morgan fingerprint density at radius 3 is 2.74 bits per heavy atom. The number of aromatic nitrogens is 5. The molecule has 1 saturated heterocycles. The molecule has 4 heterocycles. The van der Waals surface area contributed by atoms with E-state index in [0.29, 0.717) is 23.2 Å². The third-order valence-corrected chi connectivity index (χ3v) is 7.51. The van der Waals surface area contributed by atoms with Gasteiger partial charge in [-0.3, -0.25) is 0 Å². The molecule has 13 heteroatoms. The van der Waals surface area contributed by atoms with E-state index in [1.54, 1.807) is 17.8 Å². The second kappa shape index (κ2) is 10.0. The molecule has 1 aliphatic carbocycles. The molecule has 0 bridgehead atoms. The minimum atomic E-state index is -4.40. The van der Waals surface area contributed by atoms with E-state index in [-0.39, 0.29) is 30.2 Å². The highest BCUT2D eigenvalue weighted by atomic mass is 35.5. The minimum Gasteiger partial charge on any atom is -0.440 e. The zero-order valence-electron chi connectivity index (χ0n) is 18.6. The van der Waals surface area contributed by atoms with E-state index in [2.05, 4.69) is 25.1 Å². The average molecular weight is 537 g/mol. The predicted molar refractivity (Wildman–Crippen MR) is 127 cm³/mol. The van der Waals surface area contributed by atoms with E-state index >= 15 is 0 Å². The van der Waals surface area contributed by atoms with Crippen LogP contribution in [0.5, 0.6) is 0 Å². The Kier molecular flexibility index (Phi) is 7.91. The molecule has 0 aromatic carbocycles. The van der Waals surface area contributed by atoms with Crippen LogP contribution in [0.4, 0.5) is 13.2 Å². The number of pyridine rings is 1. The lowest BCUT2D eigenvalue weighted by atomic mass is 10.0. The summed E-state index contributed by atoms with van der Waals surface area (Å²) >= 11 is 1.63. The van der Waals surface area contributed by atoms with E-state index in [4.69, 9.17) is 4.42 Å². The van der Waals surface area contributed by atoms with Gasteiger partial charge in [-0.05, 0) is 44.4 Å². The molecule has 5 rings (SSSR count). The molecule has 2 fully saturated rings. The van der Waals surface area contributed by atoms with Gasteiger partial charge in [0.2, 0.25) is 5.82 Å². The van der Waals surface area contributed by atoms with Crippen molar-refractivity contribution in [2.75, 3.05) is 25.4 Å². The highest BCUT2D eigenvalue weighted by Crippen LogP contribution is 2.58. The van der Waals surface area contributed by atoms with Crippen LogP contribution in [0, 0.1) is 12.8 Å². The van der Waals surface area contributed by atoms with Crippen molar-refractivity contribution >= 4 is 36.6 Å². The van der Waals surface area contributed by atoms with Crippen LogP contribution in [0.25, 0.3) is 11.6 Å². The standard InChI is InChI=1S/C21H23F3N6OS.2ClH/c1-13-17(31-12-25-13)18-27-28-19(29(18)2)32-8-4-7-30-10-14-9-20(14,11-30)15-5-3-6-16(26-15)21(22,23)24;;/h3,5-6,12,14H,4,7-11H2,1-2H3;2*1H/t14-,20?;;/m1../s1. The zero-order chi connectivity index (χ0) is 22.5. The number of oxazole rings is 1. The Balaban J connectivity index is 0.00000162. The Bertz CT molecular complexity index is 1140. The number of rotatable bonds is 7. The number of thioether (sulfide) groups is 1. The van der Waals surface area contributed by atoms with Crippen LogP contribution in [0.1, 0.15) is 29.9 Å². The highest BCUT2D eigenvalue weighted by molar-refractivity contribution is 7.99. The zero-order valence-corrected chi connectivity index (χ0v) is 21.0. The fourth-order valence-corrected chi connectivity index (χ4v) is 5.47. The summed E-state index contributed by atoms with van der Waals surface area (Å²) in [5, 5.41) is 9.28. The molecule has 3 aromatic rings. The van der Waals surface area contributed by atoms with E-state index in [9.17, 15) is 13.2 Å². The van der Waals surface area contributed by atoms with Gasteiger partial charge < -0.3 is 13.9 Å². The Morgan fingerprint density at radius 1 is 1.24 bits per heavy atom. The summed E-state index contributed by atoms with van der Waals surface area (Å²) in [6, 6.07) is 4.27. The van der Waals surface area contributed by atoms with Gasteiger partial charge in [0.05, 0.1) is 5.69 Å². The third-order valence-electron chi connectivity index (χ3n) is 6.40. The van der Waals surface area contributed by atoms with E-state index in [0.717, 1.165) is 55.1 Å². The van der Waals surface area contributed by atoms with Gasteiger partial charge in [-0.1, -0.05) is 17.8 Å². The van der Waals surface area contributed by atoms with Crippen LogP contribution < -0.4 is 0 Å². The quantitative estimate of drug-likeness (QED) is 0.317. The van der Waals surface area contributed by atoms with Crippen molar-refractivity contribution in [3.8, 4) is 11.6 Å². The molecular weight excluding hydrogens is 512 g/mol. The lowest BCUT2D eigenvalue weighted by molar-refractivity contribution is -0.141. The summed E-state index contributed by atoms with van der Waals surface area (Å²) in [5.74, 6) is 2.55. The van der Waals surface area contributed by atoms with Crippen LogP contribution >= 0.6 is 36.6 Å². The second-order valence-corrected chi connectivity index (χ2v) is 9.59. The number of alkyl halides is 3. The van der Waals surface area contributed by atoms with Crippen molar-refractivity contribution in [1.29, 1.82) is 0 Å². The van der Waals surface area contributed by atoms with E-state index < -0.39 is 11.9 Å². The van der Waals surface area contributed by atoms with Gasteiger partial charge in [0, 0.05) is 37.0 Å². The maximum atomic E-state index is 13.0. The van der Waals surface area contributed by atoms with Crippen LogP contribution in [-0.2, 0) is 18.6 Å². The van der Waals surface area contributed by atoms with Gasteiger partial charge in [-0.15, -0.1) is 35.0 Å². The molecule has 3 aromatic heterocycles. The van der Waals surface area contributed by atoms with Crippen LogP contribution in [0.2, 0.25) is 0 Å². The summed E-state index contributed by atoms with van der Waals surface area (Å²) in [5.41, 5.74) is 0.354. The molecule has 1 aliphatic heterocycles. The van der Waals surface area contributed by atoms with E-state index in [1.165, 1.54) is 12.5 Å². The second-order valence-electron chi connectivity index (χ2n) is 8.53. The number of fused-ring (bicyclic) bond motifs is 1. The number of hydrogen-bond donors (Lipinski definition) is 0. The lowest BCUT2D eigenvalue weighted by Gasteiger charge is -2.21. The topological polar surface area (TPSA) is 72.9 Å². The van der Waals surface area contributed by atoms with Crippen molar-refractivity contribution in [2.45, 2.75) is 36.5 Å². The molecule has 2 atom stereocenters. The molecule has 1 saturated carbocycles.